The van der Waals surface area contributed by atoms with Crippen molar-refractivity contribution in [3.8, 4) is 0 Å². The van der Waals surface area contributed by atoms with Gasteiger partial charge < -0.3 is 14.8 Å². The van der Waals surface area contributed by atoms with Gasteiger partial charge in [-0.05, 0) is 12.5 Å². The van der Waals surface area contributed by atoms with Crippen molar-refractivity contribution >= 4 is 23.2 Å². The number of urea groups is 1. The van der Waals surface area contributed by atoms with E-state index in [4.69, 9.17) is 0 Å². The van der Waals surface area contributed by atoms with Crippen LogP contribution in [-0.2, 0) is 16.1 Å². The van der Waals surface area contributed by atoms with Crippen molar-refractivity contribution in [1.29, 1.82) is 0 Å². The molecule has 1 heterocycles. The van der Waals surface area contributed by atoms with E-state index in [1.807, 2.05) is 0 Å². The quantitative estimate of drug-likeness (QED) is 0.478. The highest BCUT2D eigenvalue weighted by molar-refractivity contribution is 7.77. The summed E-state index contributed by atoms with van der Waals surface area (Å²) in [6, 6.07) is -1.26. The number of allylic oxidation sites excluding steroid dienone is 1. The molecule has 9 heteroatoms. The van der Waals surface area contributed by atoms with Gasteiger partial charge in [0.05, 0.1) is 24.5 Å². The van der Waals surface area contributed by atoms with E-state index in [9.17, 15) is 18.4 Å². The molecule has 0 saturated carbocycles. The number of hydrogen-bond acceptors (Lipinski definition) is 5. The lowest BCUT2D eigenvalue weighted by Crippen LogP contribution is -2.49. The van der Waals surface area contributed by atoms with Crippen molar-refractivity contribution in [3.63, 3.8) is 0 Å². The van der Waals surface area contributed by atoms with E-state index in [1.54, 1.807) is 19.1 Å². The second-order valence-corrected chi connectivity index (χ2v) is 5.14. The molecule has 1 saturated heterocycles. The number of rotatable bonds is 7. The van der Waals surface area contributed by atoms with Crippen LogP contribution in [-0.4, -0.2) is 62.8 Å². The third-order valence-electron chi connectivity index (χ3n) is 3.13. The number of hydrogen-bond donors (Lipinski definition) is 2. The summed E-state index contributed by atoms with van der Waals surface area (Å²) in [4.78, 5) is 25.0. The summed E-state index contributed by atoms with van der Waals surface area (Å²) in [5.41, 5.74) is 0.672. The first-order chi connectivity index (χ1) is 9.96. The van der Waals surface area contributed by atoms with Gasteiger partial charge >= 0.3 is 6.03 Å². The Morgan fingerprint density at radius 2 is 2.24 bits per heavy atom. The Morgan fingerprint density at radius 1 is 1.57 bits per heavy atom. The van der Waals surface area contributed by atoms with Crippen molar-refractivity contribution in [1.82, 2.24) is 19.8 Å². The van der Waals surface area contributed by atoms with Gasteiger partial charge in [0.1, 0.15) is 6.04 Å². The third-order valence-corrected chi connectivity index (χ3v) is 3.83. The summed E-state index contributed by atoms with van der Waals surface area (Å²) in [5, 5.41) is 5.46. The molecule has 0 aromatic rings. The summed E-state index contributed by atoms with van der Waals surface area (Å²) in [6.45, 7) is 5.87. The normalized spacial score (nSPS) is 18.6. The first kappa shape index (κ1) is 17.3. The lowest BCUT2D eigenvalue weighted by Gasteiger charge is -2.23. The highest BCUT2D eigenvalue weighted by Gasteiger charge is 2.30. The van der Waals surface area contributed by atoms with Gasteiger partial charge in [-0.25, -0.2) is 4.79 Å². The number of nitrogens with zero attached hydrogens (tertiary/aromatic N) is 2. The van der Waals surface area contributed by atoms with Crippen LogP contribution in [0, 0.1) is 0 Å². The molecule has 2 atom stereocenters. The molecule has 3 amide bonds. The number of amides is 3. The zero-order valence-corrected chi connectivity index (χ0v) is 12.8. The van der Waals surface area contributed by atoms with Crippen LogP contribution in [0.5, 0.6) is 0 Å². The minimum Gasteiger partial charge on any atom is -0.755 e. The molecular weight excluding hydrogens is 296 g/mol. The number of carbonyl (C=O) groups excluding carboxylic acids is 2. The lowest BCUT2D eigenvalue weighted by molar-refractivity contribution is -0.121. The molecule has 0 aliphatic carbocycles. The van der Waals surface area contributed by atoms with E-state index >= 15 is 0 Å². The Balaban J connectivity index is 2.70. The predicted molar refractivity (Wildman–Crippen MR) is 77.5 cm³/mol. The molecule has 0 aromatic heterocycles. The molecule has 1 rings (SSSR count). The van der Waals surface area contributed by atoms with E-state index in [-0.39, 0.29) is 25.7 Å². The summed E-state index contributed by atoms with van der Waals surface area (Å²) >= 11 is -2.57. The van der Waals surface area contributed by atoms with Crippen LogP contribution in [0.25, 0.3) is 0 Å². The highest BCUT2D eigenvalue weighted by atomic mass is 32.2. The molecule has 1 fully saturated rings. The molecule has 2 N–H and O–H groups in total. The van der Waals surface area contributed by atoms with Gasteiger partial charge in [-0.1, -0.05) is 18.7 Å². The fraction of sp³-hybridized carbons (Fsp3) is 0.500. The van der Waals surface area contributed by atoms with Gasteiger partial charge in [-0.15, -0.1) is 0 Å². The maximum absolute atomic E-state index is 11.9. The van der Waals surface area contributed by atoms with E-state index in [0.717, 1.165) is 4.31 Å². The summed E-state index contributed by atoms with van der Waals surface area (Å²) in [7, 11) is 1.51. The van der Waals surface area contributed by atoms with Gasteiger partial charge in [0.2, 0.25) is 5.91 Å². The molecule has 0 spiro atoms. The van der Waals surface area contributed by atoms with Crippen molar-refractivity contribution in [2.24, 2.45) is 0 Å². The molecule has 1 aliphatic rings. The van der Waals surface area contributed by atoms with Gasteiger partial charge in [0.15, 0.2) is 0 Å². The largest absolute Gasteiger partial charge is 0.755 e. The molecule has 118 valence electrons. The Kier molecular flexibility index (Phi) is 6.53. The molecule has 21 heavy (non-hydrogen) atoms. The minimum absolute atomic E-state index is 0.0653. The molecule has 8 nitrogen and oxygen atoms in total. The van der Waals surface area contributed by atoms with Crippen LogP contribution < -0.4 is 10.6 Å². The fourth-order valence-electron chi connectivity index (χ4n) is 1.96. The average Bonchev–Trinajstić information content (AvgIpc) is 2.84. The molecule has 0 aromatic carbocycles. The van der Waals surface area contributed by atoms with Gasteiger partial charge in [0.25, 0.3) is 0 Å². The maximum atomic E-state index is 11.9. The van der Waals surface area contributed by atoms with Crippen LogP contribution in [0.1, 0.15) is 6.92 Å². The average molecular weight is 315 g/mol. The monoisotopic (exact) mass is 315 g/mol. The highest BCUT2D eigenvalue weighted by Crippen LogP contribution is 2.10. The van der Waals surface area contributed by atoms with E-state index in [1.165, 1.54) is 11.9 Å². The fourth-order valence-corrected chi connectivity index (χ4v) is 2.43. The third kappa shape index (κ3) is 4.13. The molecular formula is C12H19N4O4S-. The summed E-state index contributed by atoms with van der Waals surface area (Å²) < 4.78 is 22.4. The SMILES string of the molecule is C=C/C(=C\C)C(NCN1CCN(S(=O)[O-])C1=O)C(=O)NC. The van der Waals surface area contributed by atoms with Crippen molar-refractivity contribution in [3.05, 3.63) is 24.3 Å². The first-order valence-corrected chi connectivity index (χ1v) is 7.38. The van der Waals surface area contributed by atoms with Crippen LogP contribution in [0.4, 0.5) is 4.79 Å². The smallest absolute Gasteiger partial charge is 0.332 e. The molecule has 2 unspecified atom stereocenters. The molecule has 0 bridgehead atoms. The Bertz CT molecular complexity index is 480. The predicted octanol–water partition coefficient (Wildman–Crippen LogP) is -0.688. The van der Waals surface area contributed by atoms with E-state index in [2.05, 4.69) is 17.2 Å². The second kappa shape index (κ2) is 7.91. The van der Waals surface area contributed by atoms with Crippen LogP contribution in [0.15, 0.2) is 24.3 Å². The number of carbonyl (C=O) groups is 2. The first-order valence-electron chi connectivity index (χ1n) is 6.35. The van der Waals surface area contributed by atoms with Crippen LogP contribution in [0.2, 0.25) is 0 Å². The maximum Gasteiger partial charge on any atom is 0.332 e. The lowest BCUT2D eigenvalue weighted by atomic mass is 10.1. The second-order valence-electron chi connectivity index (χ2n) is 4.27. The van der Waals surface area contributed by atoms with Crippen molar-refractivity contribution < 1.29 is 18.4 Å². The standard InChI is InChI=1S/C12H20N4O4S/c1-4-9(5-2)10(11(17)13-3)14-8-15-6-7-16(12(15)18)21(19)20/h4-5,10,14H,1,6-8H2,2-3H3,(H,13,17)(H,19,20)/p-1/b9-5+. The number of nitrogens with one attached hydrogen (secondary N) is 2. The number of likely N-dealkylation sites (N-methyl/N-ethyl adjacent to an activating group) is 1. The topological polar surface area (TPSA) is 105 Å². The van der Waals surface area contributed by atoms with Gasteiger partial charge in [-0.3, -0.25) is 18.6 Å². The summed E-state index contributed by atoms with van der Waals surface area (Å²) in [5.74, 6) is -0.265. The minimum atomic E-state index is -2.57. The van der Waals surface area contributed by atoms with Gasteiger partial charge in [-0.2, -0.15) is 0 Å². The Labute approximate surface area is 126 Å². The summed E-state index contributed by atoms with van der Waals surface area (Å²) in [6.07, 6.45) is 3.29. The van der Waals surface area contributed by atoms with Gasteiger partial charge in [0, 0.05) is 13.6 Å². The van der Waals surface area contributed by atoms with E-state index in [0.29, 0.717) is 5.57 Å². The zero-order chi connectivity index (χ0) is 16.0. The van der Waals surface area contributed by atoms with Crippen molar-refractivity contribution in [2.45, 2.75) is 13.0 Å². The Morgan fingerprint density at radius 3 is 2.67 bits per heavy atom. The van der Waals surface area contributed by atoms with Crippen molar-refractivity contribution in [2.75, 3.05) is 26.8 Å². The molecule has 0 radical (unpaired) electrons. The van der Waals surface area contributed by atoms with Crippen LogP contribution in [0.3, 0.4) is 0 Å². The molecule has 1 aliphatic heterocycles. The zero-order valence-electron chi connectivity index (χ0n) is 12.0. The van der Waals surface area contributed by atoms with E-state index < -0.39 is 23.3 Å². The Hall–Kier alpha value is -1.71. The van der Waals surface area contributed by atoms with Crippen LogP contribution >= 0.6 is 0 Å².